The first-order chi connectivity index (χ1) is 14.8. The van der Waals surface area contributed by atoms with Gasteiger partial charge in [0.1, 0.15) is 5.75 Å². The minimum atomic E-state index is -3.57. The smallest absolute Gasteiger partial charge is 0.251 e. The lowest BCUT2D eigenvalue weighted by Crippen LogP contribution is -2.44. The van der Waals surface area contributed by atoms with Gasteiger partial charge in [0.25, 0.3) is 5.91 Å². The van der Waals surface area contributed by atoms with Crippen molar-refractivity contribution in [3.05, 3.63) is 54.1 Å². The fourth-order valence-corrected chi connectivity index (χ4v) is 4.87. The predicted molar refractivity (Wildman–Crippen MR) is 122 cm³/mol. The van der Waals surface area contributed by atoms with Crippen molar-refractivity contribution >= 4 is 21.6 Å². The molecular weight excluding hydrogens is 414 g/mol. The number of hydrogen-bond donors (Lipinski definition) is 2. The Hall–Kier alpha value is -2.58. The van der Waals surface area contributed by atoms with Crippen molar-refractivity contribution < 1.29 is 17.9 Å². The number of benzene rings is 2. The number of nitrogens with one attached hydrogen (secondary N) is 2. The number of hydrogen-bond acceptors (Lipinski definition) is 5. The molecule has 1 saturated heterocycles. The number of ether oxygens (including phenoxy) is 1. The minimum Gasteiger partial charge on any atom is -0.497 e. The van der Waals surface area contributed by atoms with E-state index in [1.807, 2.05) is 38.1 Å². The Kier molecular flexibility index (Phi) is 7.56. The number of piperidine rings is 1. The molecule has 1 unspecified atom stereocenters. The molecule has 1 fully saturated rings. The van der Waals surface area contributed by atoms with Crippen LogP contribution in [0.2, 0.25) is 0 Å². The predicted octanol–water partition coefficient (Wildman–Crippen LogP) is 3.17. The highest BCUT2D eigenvalue weighted by Crippen LogP contribution is 2.23. The lowest BCUT2D eigenvalue weighted by molar-refractivity contribution is 0.0931. The maximum Gasteiger partial charge on any atom is 0.251 e. The van der Waals surface area contributed by atoms with Crippen LogP contribution in [0.3, 0.4) is 0 Å². The van der Waals surface area contributed by atoms with Crippen molar-refractivity contribution in [2.45, 2.75) is 50.1 Å². The summed E-state index contributed by atoms with van der Waals surface area (Å²) < 4.78 is 32.5. The third-order valence-corrected chi connectivity index (χ3v) is 7.27. The van der Waals surface area contributed by atoms with E-state index in [1.54, 1.807) is 19.2 Å². The van der Waals surface area contributed by atoms with E-state index in [-0.39, 0.29) is 22.9 Å². The summed E-state index contributed by atoms with van der Waals surface area (Å²) in [6.45, 7) is 5.45. The number of amides is 1. The Bertz CT molecular complexity index is 967. The molecule has 2 N–H and O–H groups in total. The summed E-state index contributed by atoms with van der Waals surface area (Å²) in [5.74, 6) is 0.655. The van der Waals surface area contributed by atoms with Gasteiger partial charge in [0, 0.05) is 36.4 Å². The quantitative estimate of drug-likeness (QED) is 0.652. The van der Waals surface area contributed by atoms with Gasteiger partial charge in [-0.15, -0.1) is 0 Å². The van der Waals surface area contributed by atoms with Gasteiger partial charge in [-0.25, -0.2) is 13.1 Å². The van der Waals surface area contributed by atoms with Gasteiger partial charge in [0.05, 0.1) is 12.0 Å². The van der Waals surface area contributed by atoms with Crippen molar-refractivity contribution in [3.8, 4) is 5.75 Å². The van der Waals surface area contributed by atoms with Crippen LogP contribution in [-0.2, 0) is 10.0 Å². The molecule has 2 aromatic rings. The van der Waals surface area contributed by atoms with Gasteiger partial charge in [0.2, 0.25) is 10.0 Å². The molecule has 0 radical (unpaired) electrons. The Balaban J connectivity index is 1.54. The molecule has 168 valence electrons. The molecule has 0 bridgehead atoms. The van der Waals surface area contributed by atoms with E-state index < -0.39 is 10.0 Å². The van der Waals surface area contributed by atoms with Crippen LogP contribution in [0.15, 0.2) is 53.4 Å². The zero-order chi connectivity index (χ0) is 22.4. The van der Waals surface area contributed by atoms with Crippen LogP contribution in [0.5, 0.6) is 5.75 Å². The molecule has 1 amide bonds. The van der Waals surface area contributed by atoms with E-state index in [0.29, 0.717) is 12.0 Å². The number of nitrogens with zero attached hydrogens (tertiary/aromatic N) is 1. The maximum atomic E-state index is 12.6. The van der Waals surface area contributed by atoms with Crippen LogP contribution in [0, 0.1) is 0 Å². The van der Waals surface area contributed by atoms with Crippen molar-refractivity contribution in [2.24, 2.45) is 0 Å². The van der Waals surface area contributed by atoms with Gasteiger partial charge in [-0.05, 0) is 74.7 Å². The molecule has 2 aromatic carbocycles. The molecule has 1 heterocycles. The lowest BCUT2D eigenvalue weighted by Gasteiger charge is -2.34. The molecule has 31 heavy (non-hydrogen) atoms. The highest BCUT2D eigenvalue weighted by atomic mass is 32.2. The van der Waals surface area contributed by atoms with Crippen LogP contribution >= 0.6 is 0 Å². The molecule has 0 aliphatic carbocycles. The van der Waals surface area contributed by atoms with Crippen LogP contribution < -0.4 is 19.7 Å². The normalized spacial score (nSPS) is 16.0. The van der Waals surface area contributed by atoms with Gasteiger partial charge in [-0.3, -0.25) is 4.79 Å². The molecule has 1 aliphatic rings. The summed E-state index contributed by atoms with van der Waals surface area (Å²) >= 11 is 0. The third kappa shape index (κ3) is 5.98. The molecule has 0 aromatic heterocycles. The summed E-state index contributed by atoms with van der Waals surface area (Å²) in [5, 5.41) is 3.07. The summed E-state index contributed by atoms with van der Waals surface area (Å²) in [4.78, 5) is 15.1. The Labute approximate surface area is 184 Å². The first kappa shape index (κ1) is 23.1. The topological polar surface area (TPSA) is 87.7 Å². The van der Waals surface area contributed by atoms with E-state index in [9.17, 15) is 13.2 Å². The average Bonchev–Trinajstić information content (AvgIpc) is 2.79. The minimum absolute atomic E-state index is 0.0949. The second-order valence-corrected chi connectivity index (χ2v) is 9.60. The van der Waals surface area contributed by atoms with Crippen molar-refractivity contribution in [1.29, 1.82) is 0 Å². The number of rotatable bonds is 8. The fraction of sp³-hybridized carbons (Fsp3) is 0.435. The third-order valence-electron chi connectivity index (χ3n) is 5.66. The standard InChI is InChI=1S/C23H31N3O4S/c1-4-17(2)25-31(28,29)22-11-5-18(6-12-22)23(27)24-19-13-15-26(16-14-19)20-7-9-21(30-3)10-8-20/h5-12,17,19,25H,4,13-16H2,1-3H3,(H,24,27). The van der Waals surface area contributed by atoms with Crippen molar-refractivity contribution in [2.75, 3.05) is 25.1 Å². The SMILES string of the molecule is CCC(C)NS(=O)(=O)c1ccc(C(=O)NC2CCN(c3ccc(OC)cc3)CC2)cc1. The van der Waals surface area contributed by atoms with Crippen molar-refractivity contribution in [3.63, 3.8) is 0 Å². The molecular formula is C23H31N3O4S. The number of sulfonamides is 1. The van der Waals surface area contributed by atoms with Crippen LogP contribution in [0.25, 0.3) is 0 Å². The molecule has 7 nitrogen and oxygen atoms in total. The molecule has 0 saturated carbocycles. The Morgan fingerprint density at radius 2 is 1.71 bits per heavy atom. The average molecular weight is 446 g/mol. The largest absolute Gasteiger partial charge is 0.497 e. The lowest BCUT2D eigenvalue weighted by atomic mass is 10.0. The number of carbonyl (C=O) groups excluding carboxylic acids is 1. The van der Waals surface area contributed by atoms with Crippen LogP contribution in [-0.4, -0.2) is 46.6 Å². The van der Waals surface area contributed by atoms with E-state index in [1.165, 1.54) is 12.1 Å². The van der Waals surface area contributed by atoms with Gasteiger partial charge in [-0.1, -0.05) is 6.92 Å². The molecule has 0 spiro atoms. The maximum absolute atomic E-state index is 12.6. The van der Waals surface area contributed by atoms with Crippen LogP contribution in [0.4, 0.5) is 5.69 Å². The summed E-state index contributed by atoms with van der Waals surface area (Å²) in [7, 11) is -1.92. The van der Waals surface area contributed by atoms with Crippen LogP contribution in [0.1, 0.15) is 43.5 Å². The Morgan fingerprint density at radius 1 is 1.10 bits per heavy atom. The Morgan fingerprint density at radius 3 is 2.26 bits per heavy atom. The van der Waals surface area contributed by atoms with Crippen molar-refractivity contribution in [1.82, 2.24) is 10.0 Å². The first-order valence-corrected chi connectivity index (χ1v) is 12.1. The van der Waals surface area contributed by atoms with Gasteiger partial charge >= 0.3 is 0 Å². The van der Waals surface area contributed by atoms with E-state index in [2.05, 4.69) is 14.9 Å². The highest BCUT2D eigenvalue weighted by molar-refractivity contribution is 7.89. The molecule has 3 rings (SSSR count). The second kappa shape index (κ2) is 10.2. The summed E-state index contributed by atoms with van der Waals surface area (Å²) in [5.41, 5.74) is 1.61. The van der Waals surface area contributed by atoms with Gasteiger partial charge < -0.3 is 15.0 Å². The monoisotopic (exact) mass is 445 g/mol. The zero-order valence-electron chi connectivity index (χ0n) is 18.3. The first-order valence-electron chi connectivity index (χ1n) is 10.6. The summed E-state index contributed by atoms with van der Waals surface area (Å²) in [6.07, 6.45) is 2.41. The zero-order valence-corrected chi connectivity index (χ0v) is 19.1. The molecule has 8 heteroatoms. The van der Waals surface area contributed by atoms with E-state index >= 15 is 0 Å². The van der Waals surface area contributed by atoms with Gasteiger partial charge in [0.15, 0.2) is 0 Å². The number of carbonyl (C=O) groups is 1. The fourth-order valence-electron chi connectivity index (χ4n) is 3.55. The van der Waals surface area contributed by atoms with E-state index in [4.69, 9.17) is 4.74 Å². The summed E-state index contributed by atoms with van der Waals surface area (Å²) in [6, 6.07) is 14.0. The number of anilines is 1. The molecule has 1 atom stereocenters. The van der Waals surface area contributed by atoms with Gasteiger partial charge in [-0.2, -0.15) is 0 Å². The van der Waals surface area contributed by atoms with E-state index in [0.717, 1.165) is 37.4 Å². The molecule has 1 aliphatic heterocycles. The highest BCUT2D eigenvalue weighted by Gasteiger charge is 2.22. The number of methoxy groups -OCH3 is 1. The second-order valence-electron chi connectivity index (χ2n) is 7.89.